The molecule has 3 amide bonds. The van der Waals surface area contributed by atoms with Crippen LogP contribution in [0.2, 0.25) is 5.02 Å². The predicted molar refractivity (Wildman–Crippen MR) is 121 cm³/mol. The summed E-state index contributed by atoms with van der Waals surface area (Å²) in [6.07, 6.45) is 0.137. The van der Waals surface area contributed by atoms with E-state index in [4.69, 9.17) is 11.6 Å². The molecule has 31 heavy (non-hydrogen) atoms. The van der Waals surface area contributed by atoms with E-state index < -0.39 is 6.04 Å². The second-order valence-corrected chi connectivity index (χ2v) is 8.39. The predicted octanol–water partition coefficient (Wildman–Crippen LogP) is 3.53. The van der Waals surface area contributed by atoms with E-state index in [0.717, 1.165) is 5.56 Å². The van der Waals surface area contributed by atoms with Gasteiger partial charge in [-0.15, -0.1) is 0 Å². The van der Waals surface area contributed by atoms with Gasteiger partial charge >= 0.3 is 0 Å². The van der Waals surface area contributed by atoms with Crippen molar-refractivity contribution in [3.8, 4) is 0 Å². The molecule has 0 spiro atoms. The quantitative estimate of drug-likeness (QED) is 0.745. The molecule has 1 aliphatic rings. The molecule has 1 unspecified atom stereocenters. The van der Waals surface area contributed by atoms with Gasteiger partial charge < -0.3 is 15.1 Å². The summed E-state index contributed by atoms with van der Waals surface area (Å²) in [5.41, 5.74) is 1.23. The Morgan fingerprint density at radius 1 is 0.903 bits per heavy atom. The SMILES string of the molecule is CC(C)C(=O)N1CCN(C(=O)CC(NC(=O)c2ccccc2Cl)c2ccccc2)CC1. The van der Waals surface area contributed by atoms with Crippen LogP contribution in [0.1, 0.15) is 42.2 Å². The van der Waals surface area contributed by atoms with Gasteiger partial charge in [-0.1, -0.05) is 67.9 Å². The Bertz CT molecular complexity index is 925. The van der Waals surface area contributed by atoms with Crippen LogP contribution < -0.4 is 5.32 Å². The molecule has 1 heterocycles. The van der Waals surface area contributed by atoms with Gasteiger partial charge in [0.2, 0.25) is 11.8 Å². The molecule has 7 heteroatoms. The molecular formula is C24H28ClN3O3. The van der Waals surface area contributed by atoms with Crippen molar-refractivity contribution in [3.63, 3.8) is 0 Å². The molecule has 164 valence electrons. The molecule has 0 bridgehead atoms. The first-order valence-corrected chi connectivity index (χ1v) is 10.9. The monoisotopic (exact) mass is 441 g/mol. The fraction of sp³-hybridized carbons (Fsp3) is 0.375. The maximum absolute atomic E-state index is 13.0. The Morgan fingerprint density at radius 2 is 1.48 bits per heavy atom. The molecule has 1 saturated heterocycles. The largest absolute Gasteiger partial charge is 0.345 e. The van der Waals surface area contributed by atoms with Crippen LogP contribution in [0.4, 0.5) is 0 Å². The fourth-order valence-corrected chi connectivity index (χ4v) is 3.89. The Balaban J connectivity index is 1.68. The van der Waals surface area contributed by atoms with Gasteiger partial charge in [0.15, 0.2) is 0 Å². The molecule has 0 saturated carbocycles. The molecular weight excluding hydrogens is 414 g/mol. The number of amides is 3. The molecule has 0 aromatic heterocycles. The molecule has 0 aliphatic carbocycles. The summed E-state index contributed by atoms with van der Waals surface area (Å²) in [6, 6.07) is 15.8. The number of benzene rings is 2. The Labute approximate surface area is 188 Å². The van der Waals surface area contributed by atoms with Crippen LogP contribution >= 0.6 is 11.6 Å². The summed E-state index contributed by atoms with van der Waals surface area (Å²) in [5.74, 6) is -0.310. The first-order chi connectivity index (χ1) is 14.9. The average molecular weight is 442 g/mol. The van der Waals surface area contributed by atoms with E-state index in [1.54, 1.807) is 29.2 Å². The van der Waals surface area contributed by atoms with E-state index >= 15 is 0 Å². The standard InChI is InChI=1S/C24H28ClN3O3/c1-17(2)24(31)28-14-12-27(13-15-28)22(29)16-21(18-8-4-3-5-9-18)26-23(30)19-10-6-7-11-20(19)25/h3-11,17,21H,12-16H2,1-2H3,(H,26,30). The lowest BCUT2D eigenvalue weighted by Gasteiger charge is -2.36. The summed E-state index contributed by atoms with van der Waals surface area (Å²) in [6.45, 7) is 5.82. The summed E-state index contributed by atoms with van der Waals surface area (Å²) >= 11 is 6.17. The van der Waals surface area contributed by atoms with Gasteiger partial charge in [0.1, 0.15) is 0 Å². The highest BCUT2D eigenvalue weighted by Crippen LogP contribution is 2.21. The van der Waals surface area contributed by atoms with Crippen LogP contribution in [-0.4, -0.2) is 53.7 Å². The van der Waals surface area contributed by atoms with Crippen molar-refractivity contribution in [2.45, 2.75) is 26.3 Å². The van der Waals surface area contributed by atoms with E-state index in [9.17, 15) is 14.4 Å². The van der Waals surface area contributed by atoms with Gasteiger partial charge in [-0.3, -0.25) is 14.4 Å². The number of nitrogens with one attached hydrogen (secondary N) is 1. The molecule has 2 aromatic rings. The molecule has 1 fully saturated rings. The van der Waals surface area contributed by atoms with Crippen LogP contribution in [0.25, 0.3) is 0 Å². The second kappa shape index (κ2) is 10.4. The van der Waals surface area contributed by atoms with Crippen molar-refractivity contribution in [2.75, 3.05) is 26.2 Å². The molecule has 1 N–H and O–H groups in total. The van der Waals surface area contributed by atoms with E-state index in [1.165, 1.54) is 0 Å². The van der Waals surface area contributed by atoms with Gasteiger partial charge in [0, 0.05) is 32.1 Å². The molecule has 2 aromatic carbocycles. The van der Waals surface area contributed by atoms with Gasteiger partial charge in [0.05, 0.1) is 23.0 Å². The normalized spacial score (nSPS) is 15.0. The van der Waals surface area contributed by atoms with Crippen LogP contribution in [0.3, 0.4) is 0 Å². The van der Waals surface area contributed by atoms with E-state index in [2.05, 4.69) is 5.32 Å². The lowest BCUT2D eigenvalue weighted by molar-refractivity contribution is -0.141. The molecule has 3 rings (SSSR count). The summed E-state index contributed by atoms with van der Waals surface area (Å²) < 4.78 is 0. The van der Waals surface area contributed by atoms with E-state index in [-0.39, 0.29) is 30.1 Å². The number of carbonyl (C=O) groups is 3. The van der Waals surface area contributed by atoms with Crippen molar-refractivity contribution in [2.24, 2.45) is 5.92 Å². The van der Waals surface area contributed by atoms with Crippen molar-refractivity contribution >= 4 is 29.3 Å². The van der Waals surface area contributed by atoms with Gasteiger partial charge in [-0.25, -0.2) is 0 Å². The smallest absolute Gasteiger partial charge is 0.253 e. The minimum atomic E-state index is -0.479. The number of piperazine rings is 1. The third-order valence-corrected chi connectivity index (χ3v) is 5.77. The summed E-state index contributed by atoms with van der Waals surface area (Å²) in [7, 11) is 0. The third kappa shape index (κ3) is 5.85. The van der Waals surface area contributed by atoms with Crippen molar-refractivity contribution in [1.29, 1.82) is 0 Å². The summed E-state index contributed by atoms with van der Waals surface area (Å²) in [4.78, 5) is 41.6. The number of rotatable bonds is 6. The van der Waals surface area contributed by atoms with Crippen molar-refractivity contribution in [3.05, 3.63) is 70.7 Å². The third-order valence-electron chi connectivity index (χ3n) is 5.44. The lowest BCUT2D eigenvalue weighted by Crippen LogP contribution is -2.52. The maximum atomic E-state index is 13.0. The number of hydrogen-bond acceptors (Lipinski definition) is 3. The van der Waals surface area contributed by atoms with Crippen LogP contribution in [-0.2, 0) is 9.59 Å². The first kappa shape index (κ1) is 22.8. The van der Waals surface area contributed by atoms with Crippen molar-refractivity contribution < 1.29 is 14.4 Å². The number of nitrogens with zero attached hydrogens (tertiary/aromatic N) is 2. The highest BCUT2D eigenvalue weighted by atomic mass is 35.5. The molecule has 1 atom stereocenters. The number of hydrogen-bond donors (Lipinski definition) is 1. The summed E-state index contributed by atoms with van der Waals surface area (Å²) in [5, 5.41) is 3.33. The zero-order chi connectivity index (χ0) is 22.4. The van der Waals surface area contributed by atoms with Gasteiger partial charge in [-0.2, -0.15) is 0 Å². The number of halogens is 1. The zero-order valence-corrected chi connectivity index (χ0v) is 18.6. The fourth-order valence-electron chi connectivity index (χ4n) is 3.66. The Morgan fingerprint density at radius 3 is 2.10 bits per heavy atom. The molecule has 1 aliphatic heterocycles. The topological polar surface area (TPSA) is 69.7 Å². The van der Waals surface area contributed by atoms with E-state index in [0.29, 0.717) is 36.8 Å². The zero-order valence-electron chi connectivity index (χ0n) is 17.9. The van der Waals surface area contributed by atoms with E-state index in [1.807, 2.05) is 49.1 Å². The lowest BCUT2D eigenvalue weighted by atomic mass is 10.0. The Hall–Kier alpha value is -2.86. The van der Waals surface area contributed by atoms with Gasteiger partial charge in [0.25, 0.3) is 5.91 Å². The van der Waals surface area contributed by atoms with Crippen LogP contribution in [0.15, 0.2) is 54.6 Å². The minimum absolute atomic E-state index is 0.0510. The molecule has 6 nitrogen and oxygen atoms in total. The average Bonchev–Trinajstić information content (AvgIpc) is 2.79. The maximum Gasteiger partial charge on any atom is 0.253 e. The molecule has 0 radical (unpaired) electrons. The van der Waals surface area contributed by atoms with Crippen LogP contribution in [0, 0.1) is 5.92 Å². The van der Waals surface area contributed by atoms with Crippen molar-refractivity contribution in [1.82, 2.24) is 15.1 Å². The minimum Gasteiger partial charge on any atom is -0.345 e. The Kier molecular flexibility index (Phi) is 7.69. The number of carbonyl (C=O) groups excluding carboxylic acids is 3. The second-order valence-electron chi connectivity index (χ2n) is 7.98. The highest BCUT2D eigenvalue weighted by Gasteiger charge is 2.28. The van der Waals surface area contributed by atoms with Crippen LogP contribution in [0.5, 0.6) is 0 Å². The van der Waals surface area contributed by atoms with Gasteiger partial charge in [-0.05, 0) is 17.7 Å². The highest BCUT2D eigenvalue weighted by molar-refractivity contribution is 6.33. The first-order valence-electron chi connectivity index (χ1n) is 10.5.